The zero-order valence-corrected chi connectivity index (χ0v) is 42.2. The van der Waals surface area contributed by atoms with E-state index in [2.05, 4.69) is 71.4 Å². The van der Waals surface area contributed by atoms with Crippen LogP contribution in [0, 0.1) is 31.6 Å². The number of H-pyrrole nitrogens is 2. The normalized spacial score (nSPS) is 20.2. The highest BCUT2D eigenvalue weighted by atomic mass is 16.5. The number of carbonyl (C=O) groups is 4. The Morgan fingerprint density at radius 1 is 0.773 bits per heavy atom. The molecule has 6 rings (SSSR count). The van der Waals surface area contributed by atoms with Gasteiger partial charge in [-0.1, -0.05) is 105 Å². The standard InChI is InChI=1S/C56H78N4O6/c1-13-40-35(7)42-30-47-49(39(11)61)37(9)44(58-47)28-43-36(8)41(53(59-43)51-52(56(64)65-12)55(63)50-38(10)45(60-54(50)51)29-46(40)57-42)25-26-48(62)66-27-17-24-34(6)23-16-22-33(5)21-15-20-32(4)19-14-18-31(2)3/h24,28-33,35-36,40-41,52,58,60H,13-23,25-27H2,1-12H3/b34-24+,42-30?,43-28?,44-28?,45-29?,46-29?,47-30?,53-51?/t32-,33-,35-,36+,40-,41+,52-/m1/s1. The number of aromatic amines is 2. The number of esters is 2. The van der Waals surface area contributed by atoms with Crippen molar-refractivity contribution in [3.63, 3.8) is 0 Å². The Kier molecular flexibility index (Phi) is 17.1. The maximum absolute atomic E-state index is 14.4. The molecule has 0 saturated carbocycles. The van der Waals surface area contributed by atoms with E-state index >= 15 is 0 Å². The van der Waals surface area contributed by atoms with Gasteiger partial charge in [0.15, 0.2) is 11.6 Å². The number of methoxy groups -OCH3 is 1. The van der Waals surface area contributed by atoms with E-state index in [1.54, 1.807) is 6.92 Å². The molecular weight excluding hydrogens is 825 g/mol. The van der Waals surface area contributed by atoms with Crippen LogP contribution in [0.4, 0.5) is 0 Å². The van der Waals surface area contributed by atoms with Gasteiger partial charge in [0.2, 0.25) is 0 Å². The molecular formula is C56H78N4O6. The summed E-state index contributed by atoms with van der Waals surface area (Å²) in [5.41, 5.74) is 10.3. The Morgan fingerprint density at radius 2 is 1.38 bits per heavy atom. The molecule has 8 bridgehead atoms. The van der Waals surface area contributed by atoms with Gasteiger partial charge >= 0.3 is 11.9 Å². The molecule has 0 aromatic carbocycles. The third kappa shape index (κ3) is 11.3. The molecule has 66 heavy (non-hydrogen) atoms. The molecule has 5 heterocycles. The minimum atomic E-state index is -1.20. The zero-order chi connectivity index (χ0) is 48.0. The van der Waals surface area contributed by atoms with Crippen LogP contribution in [0.5, 0.6) is 0 Å². The lowest BCUT2D eigenvalue weighted by Gasteiger charge is -2.18. The number of hydrogen-bond donors (Lipinski definition) is 2. The molecule has 10 heteroatoms. The van der Waals surface area contributed by atoms with Gasteiger partial charge in [-0.3, -0.25) is 29.1 Å². The summed E-state index contributed by atoms with van der Waals surface area (Å²) < 4.78 is 11.1. The third-order valence-corrected chi connectivity index (χ3v) is 15.1. The molecule has 3 aromatic heterocycles. The van der Waals surface area contributed by atoms with E-state index in [-0.39, 0.29) is 47.6 Å². The number of rotatable bonds is 21. The van der Waals surface area contributed by atoms with Crippen molar-refractivity contribution in [2.24, 2.45) is 17.8 Å². The van der Waals surface area contributed by atoms with Crippen LogP contribution >= 0.6 is 0 Å². The number of fused-ring (bicyclic) bond motifs is 8. The number of ketones is 2. The molecule has 2 aliphatic heterocycles. The minimum absolute atomic E-state index is 0.0523. The van der Waals surface area contributed by atoms with E-state index in [0.717, 1.165) is 69.8 Å². The van der Waals surface area contributed by atoms with Gasteiger partial charge in [-0.25, -0.2) is 0 Å². The van der Waals surface area contributed by atoms with Gasteiger partial charge in [0.05, 0.1) is 30.4 Å². The van der Waals surface area contributed by atoms with Gasteiger partial charge in [0.1, 0.15) is 5.92 Å². The summed E-state index contributed by atoms with van der Waals surface area (Å²) in [5.74, 6) is -0.493. The molecule has 3 aromatic rings. The summed E-state index contributed by atoms with van der Waals surface area (Å²) in [6.45, 7) is 23.7. The van der Waals surface area contributed by atoms with Crippen molar-refractivity contribution in [1.82, 2.24) is 19.9 Å². The Morgan fingerprint density at radius 3 is 2.03 bits per heavy atom. The van der Waals surface area contributed by atoms with Crippen molar-refractivity contribution in [2.45, 2.75) is 189 Å². The second-order valence-electron chi connectivity index (χ2n) is 20.6. The number of hydrogen-bond acceptors (Lipinski definition) is 8. The number of ether oxygens (including phenoxy) is 2. The monoisotopic (exact) mass is 903 g/mol. The Bertz CT molecular complexity index is 2470. The summed E-state index contributed by atoms with van der Waals surface area (Å²) in [6.07, 6.45) is 15.7. The summed E-state index contributed by atoms with van der Waals surface area (Å²) >= 11 is 0. The number of allylic oxidation sites excluding steroid dienone is 1. The van der Waals surface area contributed by atoms with Gasteiger partial charge in [0, 0.05) is 74.9 Å². The summed E-state index contributed by atoms with van der Waals surface area (Å²) in [5, 5.41) is 0. The zero-order valence-electron chi connectivity index (χ0n) is 42.2. The molecule has 0 unspecified atom stereocenters. The smallest absolute Gasteiger partial charge is 0.321 e. The molecule has 1 aliphatic carbocycles. The fourth-order valence-corrected chi connectivity index (χ4v) is 11.0. The van der Waals surface area contributed by atoms with E-state index < -0.39 is 11.9 Å². The highest BCUT2D eigenvalue weighted by Crippen LogP contribution is 2.48. The molecule has 0 fully saturated rings. The SMILES string of the molecule is CC[C@H]1c2cc3[nH]c4c(c3C)C(=O)[C@H](C(=O)OC)c4c3nc(cc4[nH]c(cc(n2)[C@@H]1C)c(C(C)=O)c4C)[C@@H](C)[C@@H]3CCC(=O)OCC/C=C(\C)CCC[C@H](C)CCC[C@H](C)CCCC(C)C. The Labute approximate surface area is 394 Å². The Hall–Kier alpha value is -4.86. The fourth-order valence-electron chi connectivity index (χ4n) is 11.0. The number of Topliss-reactive ketones (excluding diaryl/α,β-unsaturated/α-hetero) is 2. The van der Waals surface area contributed by atoms with Crippen molar-refractivity contribution in [2.75, 3.05) is 13.7 Å². The molecule has 3 aliphatic rings. The van der Waals surface area contributed by atoms with Crippen LogP contribution in [0.15, 0.2) is 29.8 Å². The first-order valence-corrected chi connectivity index (χ1v) is 25.2. The molecule has 358 valence electrons. The van der Waals surface area contributed by atoms with Crippen LogP contribution in [-0.2, 0) is 19.1 Å². The predicted molar refractivity (Wildman–Crippen MR) is 265 cm³/mol. The number of nitrogens with one attached hydrogen (secondary N) is 2. The van der Waals surface area contributed by atoms with Gasteiger partial charge in [-0.15, -0.1) is 0 Å². The van der Waals surface area contributed by atoms with Crippen LogP contribution in [0.1, 0.15) is 236 Å². The molecule has 7 atom stereocenters. The number of aryl methyl sites for hydroxylation is 2. The highest BCUT2D eigenvalue weighted by molar-refractivity contribution is 6.23. The number of aromatic nitrogens is 4. The molecule has 2 N–H and O–H groups in total. The lowest BCUT2D eigenvalue weighted by Crippen LogP contribution is -2.21. The molecule has 0 amide bonds. The third-order valence-electron chi connectivity index (χ3n) is 15.1. The van der Waals surface area contributed by atoms with Crippen molar-refractivity contribution >= 4 is 45.6 Å². The molecule has 10 nitrogen and oxygen atoms in total. The molecule has 0 saturated heterocycles. The largest absolute Gasteiger partial charge is 0.468 e. The first kappa shape index (κ1) is 50.6. The van der Waals surface area contributed by atoms with Gasteiger partial charge in [-0.2, -0.15) is 0 Å². The first-order valence-electron chi connectivity index (χ1n) is 25.2. The highest BCUT2D eigenvalue weighted by Gasteiger charge is 2.45. The van der Waals surface area contributed by atoms with Crippen LogP contribution in [0.2, 0.25) is 0 Å². The second-order valence-corrected chi connectivity index (χ2v) is 20.6. The van der Waals surface area contributed by atoms with Crippen LogP contribution < -0.4 is 0 Å². The quantitative estimate of drug-likeness (QED) is 0.0353. The van der Waals surface area contributed by atoms with Gasteiger partial charge in [-0.05, 0) is 107 Å². The molecule has 0 spiro atoms. The average molecular weight is 903 g/mol. The second kappa shape index (κ2) is 22.3. The summed E-state index contributed by atoms with van der Waals surface area (Å²) in [7, 11) is 1.30. The van der Waals surface area contributed by atoms with Crippen molar-refractivity contribution in [1.29, 1.82) is 0 Å². The van der Waals surface area contributed by atoms with Gasteiger partial charge in [0.25, 0.3) is 0 Å². The van der Waals surface area contributed by atoms with Crippen LogP contribution in [-0.4, -0.2) is 57.2 Å². The van der Waals surface area contributed by atoms with E-state index in [1.807, 2.05) is 32.0 Å². The first-order chi connectivity index (χ1) is 31.4. The van der Waals surface area contributed by atoms with Crippen LogP contribution in [0.3, 0.4) is 0 Å². The van der Waals surface area contributed by atoms with E-state index in [9.17, 15) is 19.2 Å². The lowest BCUT2D eigenvalue weighted by atomic mass is 9.84. The Balaban J connectivity index is 1.21. The van der Waals surface area contributed by atoms with E-state index in [0.29, 0.717) is 52.9 Å². The van der Waals surface area contributed by atoms with E-state index in [1.165, 1.54) is 64.0 Å². The van der Waals surface area contributed by atoms with Crippen molar-refractivity contribution < 1.29 is 28.7 Å². The van der Waals surface area contributed by atoms with Gasteiger partial charge < -0.3 is 19.4 Å². The maximum atomic E-state index is 14.4. The predicted octanol–water partition coefficient (Wildman–Crippen LogP) is 13.9. The number of carbonyl (C=O) groups excluding carboxylic acids is 4. The number of nitrogens with zero attached hydrogens (tertiary/aromatic N) is 2. The average Bonchev–Trinajstić information content (AvgIpc) is 4.01. The fraction of sp³-hybridized carbons (Fsp3) is 0.607. The van der Waals surface area contributed by atoms with Crippen LogP contribution in [0.25, 0.3) is 22.1 Å². The lowest BCUT2D eigenvalue weighted by molar-refractivity contribution is -0.144. The minimum Gasteiger partial charge on any atom is -0.468 e. The summed E-state index contributed by atoms with van der Waals surface area (Å²) in [6, 6.07) is 5.99. The maximum Gasteiger partial charge on any atom is 0.321 e. The summed E-state index contributed by atoms with van der Waals surface area (Å²) in [4.78, 5) is 72.1. The van der Waals surface area contributed by atoms with Crippen molar-refractivity contribution in [3.05, 3.63) is 80.4 Å². The van der Waals surface area contributed by atoms with E-state index in [4.69, 9.17) is 19.4 Å². The molecule has 0 radical (unpaired) electrons. The topological polar surface area (TPSA) is 144 Å². The van der Waals surface area contributed by atoms with Crippen molar-refractivity contribution in [3.8, 4) is 0 Å².